The van der Waals surface area contributed by atoms with Gasteiger partial charge in [-0.2, -0.15) is 0 Å². The second-order valence-corrected chi connectivity index (χ2v) is 3.57. The van der Waals surface area contributed by atoms with Crippen LogP contribution in [0.5, 0.6) is 0 Å². The van der Waals surface area contributed by atoms with Gasteiger partial charge in [-0.25, -0.2) is 14.4 Å². The average molecular weight is 261 g/mol. The highest BCUT2D eigenvalue weighted by Gasteiger charge is 2.08. The fourth-order valence-electron chi connectivity index (χ4n) is 1.44. The van der Waals surface area contributed by atoms with E-state index in [0.29, 0.717) is 17.1 Å². The van der Waals surface area contributed by atoms with Gasteiger partial charge in [-0.1, -0.05) is 11.2 Å². The third-order valence-electron chi connectivity index (χ3n) is 2.29. The molecule has 0 unspecified atom stereocenters. The number of nitrogens with one attached hydrogen (secondary N) is 1. The number of rotatable bonds is 4. The van der Waals surface area contributed by atoms with Crippen LogP contribution in [0.15, 0.2) is 35.7 Å². The van der Waals surface area contributed by atoms with E-state index in [-0.39, 0.29) is 11.6 Å². The fourth-order valence-corrected chi connectivity index (χ4v) is 1.44. The summed E-state index contributed by atoms with van der Waals surface area (Å²) >= 11 is 0. The van der Waals surface area contributed by atoms with E-state index in [1.165, 1.54) is 31.8 Å². The second-order valence-electron chi connectivity index (χ2n) is 3.57. The third kappa shape index (κ3) is 3.15. The Balaban J connectivity index is 2.34. The van der Waals surface area contributed by atoms with E-state index in [2.05, 4.69) is 25.3 Å². The maximum atomic E-state index is 13.1. The molecule has 0 radical (unpaired) electrons. The number of hydrogen-bond acceptors (Lipinski definition) is 6. The van der Waals surface area contributed by atoms with Crippen LogP contribution in [0, 0.1) is 5.82 Å². The van der Waals surface area contributed by atoms with Gasteiger partial charge >= 0.3 is 0 Å². The minimum Gasteiger partial charge on any atom is -0.399 e. The number of oxime groups is 1. The molecule has 7 heteroatoms. The van der Waals surface area contributed by atoms with E-state index >= 15 is 0 Å². The Kier molecular flexibility index (Phi) is 3.87. The van der Waals surface area contributed by atoms with E-state index in [9.17, 15) is 4.39 Å². The van der Waals surface area contributed by atoms with Crippen LogP contribution in [0.3, 0.4) is 0 Å². The molecule has 6 nitrogen and oxygen atoms in total. The monoisotopic (exact) mass is 261 g/mol. The molecule has 19 heavy (non-hydrogen) atoms. The first-order chi connectivity index (χ1) is 9.20. The lowest BCUT2D eigenvalue weighted by molar-refractivity contribution is 0.215. The number of hydrogen-bond donors (Lipinski definition) is 2. The van der Waals surface area contributed by atoms with Crippen LogP contribution < -0.4 is 11.1 Å². The summed E-state index contributed by atoms with van der Waals surface area (Å²) < 4.78 is 13.1. The summed E-state index contributed by atoms with van der Waals surface area (Å²) in [7, 11) is 1.41. The first kappa shape index (κ1) is 12.7. The number of aromatic nitrogens is 2. The van der Waals surface area contributed by atoms with Crippen LogP contribution in [0.1, 0.15) is 5.56 Å². The molecule has 98 valence electrons. The Hall–Kier alpha value is -2.70. The van der Waals surface area contributed by atoms with E-state index in [1.807, 2.05) is 0 Å². The smallest absolute Gasteiger partial charge is 0.144 e. The normalized spacial score (nSPS) is 10.6. The van der Waals surface area contributed by atoms with E-state index in [4.69, 9.17) is 5.73 Å². The van der Waals surface area contributed by atoms with Gasteiger partial charge in [-0.3, -0.25) is 0 Å². The molecule has 2 aromatic rings. The SMILES string of the molecule is CO/N=C/c1c(N)ncnc1Nc1cccc(F)c1. The predicted molar refractivity (Wildman–Crippen MR) is 70.7 cm³/mol. The molecule has 0 saturated heterocycles. The van der Waals surface area contributed by atoms with Gasteiger partial charge in [0.15, 0.2) is 0 Å². The molecule has 1 heterocycles. The Labute approximate surface area is 109 Å². The van der Waals surface area contributed by atoms with Gasteiger partial charge in [0, 0.05) is 5.69 Å². The molecule has 3 N–H and O–H groups in total. The third-order valence-corrected chi connectivity index (χ3v) is 2.29. The number of halogens is 1. The Bertz CT molecular complexity index is 602. The molecule has 0 spiro atoms. The van der Waals surface area contributed by atoms with Gasteiger partial charge in [0.05, 0.1) is 11.8 Å². The van der Waals surface area contributed by atoms with Crippen LogP contribution in [0.25, 0.3) is 0 Å². The largest absolute Gasteiger partial charge is 0.399 e. The summed E-state index contributed by atoms with van der Waals surface area (Å²) in [6, 6.07) is 5.99. The predicted octanol–water partition coefficient (Wildman–Crippen LogP) is 1.92. The quantitative estimate of drug-likeness (QED) is 0.648. The van der Waals surface area contributed by atoms with Crippen molar-refractivity contribution in [1.82, 2.24) is 9.97 Å². The van der Waals surface area contributed by atoms with Crippen molar-refractivity contribution < 1.29 is 9.23 Å². The van der Waals surface area contributed by atoms with Crippen LogP contribution in [-0.4, -0.2) is 23.3 Å². The molecule has 1 aromatic heterocycles. The molecule has 0 bridgehead atoms. The van der Waals surface area contributed by atoms with Crippen molar-refractivity contribution in [2.75, 3.05) is 18.2 Å². The molecule has 0 atom stereocenters. The molecule has 0 saturated carbocycles. The molecule has 0 aliphatic rings. The molecule has 1 aromatic carbocycles. The first-order valence-electron chi connectivity index (χ1n) is 5.40. The van der Waals surface area contributed by atoms with Crippen molar-refractivity contribution in [3.63, 3.8) is 0 Å². The Morgan fingerprint density at radius 2 is 2.26 bits per heavy atom. The average Bonchev–Trinajstić information content (AvgIpc) is 2.38. The van der Waals surface area contributed by atoms with E-state index in [0.717, 1.165) is 0 Å². The molecule has 0 aliphatic heterocycles. The van der Waals surface area contributed by atoms with Crippen molar-refractivity contribution in [2.24, 2.45) is 5.16 Å². The first-order valence-corrected chi connectivity index (χ1v) is 5.40. The number of benzene rings is 1. The number of nitrogens with two attached hydrogens (primary N) is 1. The standard InChI is InChI=1S/C12H12FN5O/c1-19-17-6-10-11(14)15-7-16-12(10)18-9-4-2-3-8(13)5-9/h2-7H,1H3,(H3,14,15,16,18)/b17-6+. The van der Waals surface area contributed by atoms with Gasteiger partial charge in [0.2, 0.25) is 0 Å². The molecule has 0 amide bonds. The molecule has 0 fully saturated rings. The zero-order valence-electron chi connectivity index (χ0n) is 10.2. The number of nitrogens with zero attached hydrogens (tertiary/aromatic N) is 3. The summed E-state index contributed by atoms with van der Waals surface area (Å²) in [4.78, 5) is 12.5. The van der Waals surface area contributed by atoms with Gasteiger partial charge in [-0.15, -0.1) is 0 Å². The van der Waals surface area contributed by atoms with Gasteiger partial charge < -0.3 is 15.9 Å². The van der Waals surface area contributed by atoms with Crippen molar-refractivity contribution in [1.29, 1.82) is 0 Å². The van der Waals surface area contributed by atoms with Gasteiger partial charge in [0.1, 0.15) is 30.9 Å². The van der Waals surface area contributed by atoms with Crippen LogP contribution in [0.2, 0.25) is 0 Å². The molecular formula is C12H12FN5O. The lowest BCUT2D eigenvalue weighted by Crippen LogP contribution is -2.05. The van der Waals surface area contributed by atoms with E-state index in [1.54, 1.807) is 12.1 Å². The summed E-state index contributed by atoms with van der Waals surface area (Å²) in [5.41, 5.74) is 6.75. The van der Waals surface area contributed by atoms with Crippen molar-refractivity contribution in [3.8, 4) is 0 Å². The number of anilines is 3. The fraction of sp³-hybridized carbons (Fsp3) is 0.0833. The Morgan fingerprint density at radius 1 is 1.42 bits per heavy atom. The van der Waals surface area contributed by atoms with Gasteiger partial charge in [0.25, 0.3) is 0 Å². The highest BCUT2D eigenvalue weighted by molar-refractivity contribution is 5.92. The summed E-state index contributed by atoms with van der Waals surface area (Å²) in [5.74, 6) is 0.313. The zero-order chi connectivity index (χ0) is 13.7. The summed E-state index contributed by atoms with van der Waals surface area (Å²) in [5, 5.41) is 6.57. The van der Waals surface area contributed by atoms with Crippen molar-refractivity contribution in [3.05, 3.63) is 42.0 Å². The minimum absolute atomic E-state index is 0.245. The molecule has 2 rings (SSSR count). The summed E-state index contributed by atoms with van der Waals surface area (Å²) in [6.07, 6.45) is 2.69. The number of nitrogen functional groups attached to an aromatic ring is 1. The lowest BCUT2D eigenvalue weighted by Gasteiger charge is -2.09. The minimum atomic E-state index is -0.348. The molecule has 0 aliphatic carbocycles. The van der Waals surface area contributed by atoms with Crippen LogP contribution in [-0.2, 0) is 4.84 Å². The highest BCUT2D eigenvalue weighted by Crippen LogP contribution is 2.20. The van der Waals surface area contributed by atoms with E-state index < -0.39 is 0 Å². The maximum absolute atomic E-state index is 13.1. The topological polar surface area (TPSA) is 85.4 Å². The van der Waals surface area contributed by atoms with Gasteiger partial charge in [-0.05, 0) is 18.2 Å². The second kappa shape index (κ2) is 5.76. The van der Waals surface area contributed by atoms with Crippen molar-refractivity contribution in [2.45, 2.75) is 0 Å². The summed E-state index contributed by atoms with van der Waals surface area (Å²) in [6.45, 7) is 0. The van der Waals surface area contributed by atoms with Crippen LogP contribution in [0.4, 0.5) is 21.7 Å². The van der Waals surface area contributed by atoms with Crippen molar-refractivity contribution >= 4 is 23.5 Å². The maximum Gasteiger partial charge on any atom is 0.144 e. The molecular weight excluding hydrogens is 249 g/mol. The van der Waals surface area contributed by atoms with Crippen LogP contribution >= 0.6 is 0 Å². The Morgan fingerprint density at radius 3 is 3.00 bits per heavy atom. The highest BCUT2D eigenvalue weighted by atomic mass is 19.1. The zero-order valence-corrected chi connectivity index (χ0v) is 10.2. The lowest BCUT2D eigenvalue weighted by atomic mass is 10.2.